The van der Waals surface area contributed by atoms with Gasteiger partial charge in [-0.3, -0.25) is 0 Å². The summed E-state index contributed by atoms with van der Waals surface area (Å²) >= 11 is 3.79. The Balaban J connectivity index is 1.87. The summed E-state index contributed by atoms with van der Waals surface area (Å²) in [4.78, 5) is 6.06. The molecule has 1 aliphatic rings. The van der Waals surface area contributed by atoms with Gasteiger partial charge < -0.3 is 15.2 Å². The average molecular weight is 463 g/mol. The number of hydrogen-bond acceptors (Lipinski definition) is 3. The fourth-order valence-corrected chi connectivity index (χ4v) is 5.21. The van der Waals surface area contributed by atoms with Crippen molar-refractivity contribution in [3.8, 4) is 6.07 Å². The van der Waals surface area contributed by atoms with Crippen molar-refractivity contribution in [1.29, 1.82) is 5.26 Å². The average Bonchev–Trinajstić information content (AvgIpc) is 3.10. The van der Waals surface area contributed by atoms with Gasteiger partial charge in [0.05, 0.1) is 17.3 Å². The zero-order chi connectivity index (χ0) is 21.5. The van der Waals surface area contributed by atoms with Gasteiger partial charge in [0.1, 0.15) is 0 Å². The number of aryl methyl sites for hydroxylation is 1. The van der Waals surface area contributed by atoms with E-state index in [1.807, 2.05) is 24.3 Å². The number of rotatable bonds is 4. The van der Waals surface area contributed by atoms with E-state index < -0.39 is 0 Å². The van der Waals surface area contributed by atoms with E-state index in [2.05, 4.69) is 76.7 Å². The number of anilines is 1. The standard InChI is InChI=1S/C25H27BrN4/c1-5-18-13-21(26)23(30-10-8-28-9-11-30)14-20(18)25(3,4)24-16(2)19-7-6-17(15-27)12-22(19)29-24/h5-7,12-14,28-29H,1,8-11H2,2-4H3. The molecule has 1 fully saturated rings. The minimum atomic E-state index is -0.261. The second-order valence-corrected chi connectivity index (χ2v) is 9.31. The number of aromatic amines is 1. The zero-order valence-corrected chi connectivity index (χ0v) is 19.4. The largest absolute Gasteiger partial charge is 0.368 e. The molecule has 0 aliphatic carbocycles. The maximum Gasteiger partial charge on any atom is 0.0992 e. The molecule has 1 saturated heterocycles. The minimum Gasteiger partial charge on any atom is -0.368 e. The lowest BCUT2D eigenvalue weighted by molar-refractivity contribution is 0.585. The Morgan fingerprint density at radius 2 is 1.93 bits per heavy atom. The van der Waals surface area contributed by atoms with Gasteiger partial charge in [-0.1, -0.05) is 32.6 Å². The lowest BCUT2D eigenvalue weighted by atomic mass is 9.77. The molecule has 0 radical (unpaired) electrons. The number of nitrogens with zero attached hydrogens (tertiary/aromatic N) is 2. The molecule has 3 aromatic rings. The molecular formula is C25H27BrN4. The lowest BCUT2D eigenvalue weighted by Crippen LogP contribution is -2.43. The Morgan fingerprint density at radius 1 is 1.20 bits per heavy atom. The van der Waals surface area contributed by atoms with Gasteiger partial charge in [0.2, 0.25) is 0 Å². The third kappa shape index (κ3) is 3.45. The van der Waals surface area contributed by atoms with Gasteiger partial charge in [-0.05, 0) is 63.8 Å². The van der Waals surface area contributed by atoms with Gasteiger partial charge in [0, 0.05) is 52.7 Å². The molecule has 0 unspecified atom stereocenters. The lowest BCUT2D eigenvalue weighted by Gasteiger charge is -2.33. The number of nitrogens with one attached hydrogen (secondary N) is 2. The maximum atomic E-state index is 9.27. The highest BCUT2D eigenvalue weighted by Crippen LogP contribution is 2.41. The molecule has 1 aliphatic heterocycles. The van der Waals surface area contributed by atoms with Gasteiger partial charge >= 0.3 is 0 Å². The van der Waals surface area contributed by atoms with Crippen molar-refractivity contribution in [2.45, 2.75) is 26.2 Å². The Kier molecular flexibility index (Phi) is 5.48. The maximum absolute atomic E-state index is 9.27. The van der Waals surface area contributed by atoms with Gasteiger partial charge in [-0.2, -0.15) is 5.26 Å². The number of H-pyrrole nitrogens is 1. The third-order valence-corrected chi connectivity index (χ3v) is 6.92. The highest BCUT2D eigenvalue weighted by Gasteiger charge is 2.31. The highest BCUT2D eigenvalue weighted by atomic mass is 79.9. The zero-order valence-electron chi connectivity index (χ0n) is 17.8. The van der Waals surface area contributed by atoms with Crippen LogP contribution in [0.5, 0.6) is 0 Å². The monoisotopic (exact) mass is 462 g/mol. The van der Waals surface area contributed by atoms with E-state index in [0.717, 1.165) is 47.1 Å². The molecule has 30 heavy (non-hydrogen) atoms. The molecule has 4 nitrogen and oxygen atoms in total. The normalized spacial score (nSPS) is 14.7. The summed E-state index contributed by atoms with van der Waals surface area (Å²) in [5.74, 6) is 0. The Bertz CT molecular complexity index is 1160. The van der Waals surface area contributed by atoms with Crippen LogP contribution in [-0.2, 0) is 5.41 Å². The Labute approximate surface area is 186 Å². The summed E-state index contributed by atoms with van der Waals surface area (Å²) in [7, 11) is 0. The highest BCUT2D eigenvalue weighted by molar-refractivity contribution is 9.10. The second kappa shape index (κ2) is 7.94. The van der Waals surface area contributed by atoms with E-state index in [0.29, 0.717) is 5.56 Å². The number of benzene rings is 2. The molecule has 2 aromatic carbocycles. The first-order valence-corrected chi connectivity index (χ1v) is 11.1. The predicted octanol–water partition coefficient (Wildman–Crippen LogP) is 5.49. The summed E-state index contributed by atoms with van der Waals surface area (Å²) in [5, 5.41) is 13.9. The molecule has 2 heterocycles. The first-order valence-electron chi connectivity index (χ1n) is 10.3. The second-order valence-electron chi connectivity index (χ2n) is 8.45. The SMILES string of the molecule is C=Cc1cc(Br)c(N2CCNCC2)cc1C(C)(C)c1[nH]c2cc(C#N)ccc2c1C. The molecular weight excluding hydrogens is 436 g/mol. The number of aromatic nitrogens is 1. The van der Waals surface area contributed by atoms with Crippen LogP contribution in [0.4, 0.5) is 5.69 Å². The summed E-state index contributed by atoms with van der Waals surface area (Å²) in [5.41, 5.74) is 7.41. The molecule has 154 valence electrons. The van der Waals surface area contributed by atoms with E-state index in [4.69, 9.17) is 0 Å². The summed E-state index contributed by atoms with van der Waals surface area (Å²) < 4.78 is 1.10. The fraction of sp³-hybridized carbons (Fsp3) is 0.320. The van der Waals surface area contributed by atoms with E-state index >= 15 is 0 Å². The van der Waals surface area contributed by atoms with Crippen molar-refractivity contribution >= 4 is 38.6 Å². The summed E-state index contributed by atoms with van der Waals surface area (Å²) in [6.45, 7) is 14.7. The van der Waals surface area contributed by atoms with Gasteiger partial charge in [-0.25, -0.2) is 0 Å². The molecule has 0 bridgehead atoms. The topological polar surface area (TPSA) is 54.8 Å². The molecule has 4 rings (SSSR count). The van der Waals surface area contributed by atoms with Gasteiger partial charge in [0.15, 0.2) is 0 Å². The number of piperazine rings is 1. The Morgan fingerprint density at radius 3 is 2.60 bits per heavy atom. The summed E-state index contributed by atoms with van der Waals surface area (Å²) in [6.07, 6.45) is 1.94. The quantitative estimate of drug-likeness (QED) is 0.538. The van der Waals surface area contributed by atoms with Crippen molar-refractivity contribution in [1.82, 2.24) is 10.3 Å². The van der Waals surface area contributed by atoms with Crippen molar-refractivity contribution < 1.29 is 0 Å². The third-order valence-electron chi connectivity index (χ3n) is 6.28. The molecule has 0 amide bonds. The van der Waals surface area contributed by atoms with Crippen LogP contribution >= 0.6 is 15.9 Å². The van der Waals surface area contributed by atoms with Crippen molar-refractivity contribution in [2.24, 2.45) is 0 Å². The number of nitriles is 1. The molecule has 5 heteroatoms. The van der Waals surface area contributed by atoms with Gasteiger partial charge in [-0.15, -0.1) is 0 Å². The van der Waals surface area contributed by atoms with E-state index in [1.54, 1.807) is 0 Å². The minimum absolute atomic E-state index is 0.261. The van der Waals surface area contributed by atoms with Crippen LogP contribution in [0.2, 0.25) is 0 Å². The van der Waals surface area contributed by atoms with E-state index in [-0.39, 0.29) is 5.41 Å². The van der Waals surface area contributed by atoms with Crippen molar-refractivity contribution in [2.75, 3.05) is 31.1 Å². The van der Waals surface area contributed by atoms with Gasteiger partial charge in [0.25, 0.3) is 0 Å². The van der Waals surface area contributed by atoms with Crippen LogP contribution in [0.25, 0.3) is 17.0 Å². The van der Waals surface area contributed by atoms with E-state index in [9.17, 15) is 5.26 Å². The number of fused-ring (bicyclic) bond motifs is 1. The first kappa shape index (κ1) is 20.7. The van der Waals surface area contributed by atoms with Crippen molar-refractivity contribution in [3.05, 3.63) is 69.3 Å². The van der Waals surface area contributed by atoms with Crippen LogP contribution in [0, 0.1) is 18.3 Å². The predicted molar refractivity (Wildman–Crippen MR) is 129 cm³/mol. The van der Waals surface area contributed by atoms with Crippen LogP contribution in [0.15, 0.2) is 41.4 Å². The van der Waals surface area contributed by atoms with E-state index in [1.165, 1.54) is 22.5 Å². The van der Waals surface area contributed by atoms with Crippen LogP contribution in [-0.4, -0.2) is 31.2 Å². The van der Waals surface area contributed by atoms with Crippen LogP contribution in [0.3, 0.4) is 0 Å². The molecule has 2 N–H and O–H groups in total. The Hall–Kier alpha value is -2.55. The van der Waals surface area contributed by atoms with Crippen molar-refractivity contribution in [3.63, 3.8) is 0 Å². The first-order chi connectivity index (χ1) is 14.4. The smallest absolute Gasteiger partial charge is 0.0992 e. The van der Waals surface area contributed by atoms with Crippen LogP contribution in [0.1, 0.15) is 41.8 Å². The molecule has 0 spiro atoms. The fourth-order valence-electron chi connectivity index (χ4n) is 4.60. The molecule has 1 aromatic heterocycles. The number of halogens is 1. The summed E-state index contributed by atoms with van der Waals surface area (Å²) in [6, 6.07) is 12.6. The molecule has 0 atom stereocenters. The molecule has 0 saturated carbocycles. The number of hydrogen-bond donors (Lipinski definition) is 2. The van der Waals surface area contributed by atoms with Crippen LogP contribution < -0.4 is 10.2 Å².